The number of piperidine rings is 1. The number of amides is 2. The average Bonchev–Trinajstić information content (AvgIpc) is 2.91. The third-order valence-corrected chi connectivity index (χ3v) is 4.76. The van der Waals surface area contributed by atoms with Gasteiger partial charge in [0.15, 0.2) is 0 Å². The van der Waals surface area contributed by atoms with Crippen LogP contribution >= 0.6 is 0 Å². The highest BCUT2D eigenvalue weighted by Gasteiger charge is 2.47. The zero-order valence-corrected chi connectivity index (χ0v) is 14.4. The number of aliphatic hydroxyl groups excluding tert-OH is 1. The van der Waals surface area contributed by atoms with E-state index >= 15 is 0 Å². The van der Waals surface area contributed by atoms with Gasteiger partial charge in [0.25, 0.3) is 5.91 Å². The monoisotopic (exact) mass is 348 g/mol. The number of carbonyl (C=O) groups is 2. The third-order valence-electron chi connectivity index (χ3n) is 4.76. The van der Waals surface area contributed by atoms with Gasteiger partial charge in [-0.25, -0.2) is 4.79 Å². The van der Waals surface area contributed by atoms with Crippen molar-refractivity contribution >= 4 is 12.0 Å². The number of benzene rings is 1. The summed E-state index contributed by atoms with van der Waals surface area (Å²) >= 11 is 0. The molecule has 0 saturated carbocycles. The number of nitrogens with zero attached hydrogens (tertiary/aromatic N) is 2. The second-order valence-electron chi connectivity index (χ2n) is 6.64. The maximum Gasteiger partial charge on any atom is 0.410 e. The maximum absolute atomic E-state index is 12.1. The molecule has 2 fully saturated rings. The van der Waals surface area contributed by atoms with Crippen LogP contribution in [-0.2, 0) is 9.53 Å². The summed E-state index contributed by atoms with van der Waals surface area (Å²) in [6, 6.07) is 9.47. The van der Waals surface area contributed by atoms with Crippen LogP contribution < -0.4 is 4.74 Å². The van der Waals surface area contributed by atoms with Crippen molar-refractivity contribution in [3.63, 3.8) is 0 Å². The molecule has 1 N–H and O–H groups in total. The zero-order valence-electron chi connectivity index (χ0n) is 14.4. The Morgan fingerprint density at radius 2 is 2.00 bits per heavy atom. The topological polar surface area (TPSA) is 79.3 Å². The summed E-state index contributed by atoms with van der Waals surface area (Å²) in [6.45, 7) is 3.84. The van der Waals surface area contributed by atoms with Gasteiger partial charge in [-0.2, -0.15) is 0 Å². The number of hydrogen-bond donors (Lipinski definition) is 1. The minimum atomic E-state index is -0.994. The molecule has 1 aromatic rings. The van der Waals surface area contributed by atoms with E-state index in [9.17, 15) is 14.7 Å². The van der Waals surface area contributed by atoms with Crippen molar-refractivity contribution < 1.29 is 24.2 Å². The van der Waals surface area contributed by atoms with Crippen molar-refractivity contribution in [3.05, 3.63) is 30.3 Å². The Morgan fingerprint density at radius 1 is 1.32 bits per heavy atom. The van der Waals surface area contributed by atoms with Crippen molar-refractivity contribution in [2.24, 2.45) is 0 Å². The van der Waals surface area contributed by atoms with E-state index in [2.05, 4.69) is 0 Å². The van der Waals surface area contributed by atoms with Crippen molar-refractivity contribution in [1.82, 2.24) is 9.80 Å². The van der Waals surface area contributed by atoms with E-state index in [1.807, 2.05) is 30.3 Å². The third kappa shape index (κ3) is 4.04. The van der Waals surface area contributed by atoms with Crippen LogP contribution in [0.3, 0.4) is 0 Å². The van der Waals surface area contributed by atoms with Crippen molar-refractivity contribution in [1.29, 1.82) is 0 Å². The molecule has 7 heteroatoms. The van der Waals surface area contributed by atoms with Crippen LogP contribution in [0.4, 0.5) is 4.79 Å². The van der Waals surface area contributed by atoms with Crippen LogP contribution in [0.25, 0.3) is 0 Å². The molecule has 1 spiro atoms. The number of aliphatic hydroxyl groups is 1. The fourth-order valence-electron chi connectivity index (χ4n) is 3.31. The Hall–Kier alpha value is -2.28. The highest BCUT2D eigenvalue weighted by Crippen LogP contribution is 2.33. The van der Waals surface area contributed by atoms with Crippen LogP contribution in [0.2, 0.25) is 0 Å². The largest absolute Gasteiger partial charge is 0.492 e. The minimum absolute atomic E-state index is 0.271. The van der Waals surface area contributed by atoms with Gasteiger partial charge in [-0.05, 0) is 19.1 Å². The molecule has 1 atom stereocenters. The van der Waals surface area contributed by atoms with E-state index in [1.165, 1.54) is 6.92 Å². The molecule has 1 aromatic carbocycles. The highest BCUT2D eigenvalue weighted by atomic mass is 16.6. The number of likely N-dealkylation sites (tertiary alicyclic amines) is 1. The van der Waals surface area contributed by atoms with Gasteiger partial charge in [0.05, 0.1) is 13.1 Å². The Kier molecular flexibility index (Phi) is 5.13. The molecule has 0 aromatic heterocycles. The first-order valence-corrected chi connectivity index (χ1v) is 8.62. The Bertz CT molecular complexity index is 611. The van der Waals surface area contributed by atoms with Gasteiger partial charge >= 0.3 is 6.09 Å². The van der Waals surface area contributed by atoms with E-state index in [1.54, 1.807) is 9.80 Å². The molecule has 136 valence electrons. The first-order chi connectivity index (χ1) is 12.0. The fraction of sp³-hybridized carbons (Fsp3) is 0.556. The summed E-state index contributed by atoms with van der Waals surface area (Å²) < 4.78 is 11.3. The smallest absolute Gasteiger partial charge is 0.410 e. The SMILES string of the molecule is CC(O)C(=O)N1CCC2(CC1)CN(CCOc1ccccc1)C(=O)O2. The lowest BCUT2D eigenvalue weighted by atomic mass is 9.91. The quantitative estimate of drug-likeness (QED) is 0.867. The predicted molar refractivity (Wildman–Crippen MR) is 90.2 cm³/mol. The molecule has 2 aliphatic heterocycles. The predicted octanol–water partition coefficient (Wildman–Crippen LogP) is 1.26. The van der Waals surface area contributed by atoms with Gasteiger partial charge in [0, 0.05) is 25.9 Å². The zero-order chi connectivity index (χ0) is 17.9. The second kappa shape index (κ2) is 7.31. The molecule has 25 heavy (non-hydrogen) atoms. The molecule has 0 bridgehead atoms. The van der Waals surface area contributed by atoms with Crippen molar-refractivity contribution in [3.8, 4) is 5.75 Å². The summed E-state index contributed by atoms with van der Waals surface area (Å²) in [5.41, 5.74) is -0.528. The summed E-state index contributed by atoms with van der Waals surface area (Å²) in [4.78, 5) is 27.3. The van der Waals surface area contributed by atoms with Gasteiger partial charge in [0.1, 0.15) is 24.1 Å². The van der Waals surface area contributed by atoms with E-state index in [4.69, 9.17) is 9.47 Å². The number of ether oxygens (including phenoxy) is 2. The van der Waals surface area contributed by atoms with Gasteiger partial charge < -0.3 is 24.4 Å². The first-order valence-electron chi connectivity index (χ1n) is 8.62. The lowest BCUT2D eigenvalue weighted by molar-refractivity contribution is -0.142. The van der Waals surface area contributed by atoms with Crippen LogP contribution in [0.15, 0.2) is 30.3 Å². The molecule has 7 nitrogen and oxygen atoms in total. The van der Waals surface area contributed by atoms with E-state index in [0.29, 0.717) is 45.6 Å². The molecular weight excluding hydrogens is 324 g/mol. The van der Waals surface area contributed by atoms with Gasteiger partial charge in [-0.15, -0.1) is 0 Å². The Balaban J connectivity index is 1.48. The molecular formula is C18H24N2O5. The van der Waals surface area contributed by atoms with Crippen LogP contribution in [0, 0.1) is 0 Å². The van der Waals surface area contributed by atoms with E-state index in [0.717, 1.165) is 5.75 Å². The minimum Gasteiger partial charge on any atom is -0.492 e. The van der Waals surface area contributed by atoms with Gasteiger partial charge in [-0.3, -0.25) is 4.79 Å². The molecule has 0 aliphatic carbocycles. The normalized spacial score (nSPS) is 20.5. The summed E-state index contributed by atoms with van der Waals surface area (Å²) in [5.74, 6) is 0.502. The van der Waals surface area contributed by atoms with Gasteiger partial charge in [0.2, 0.25) is 0 Å². The summed E-state index contributed by atoms with van der Waals surface area (Å²) in [5, 5.41) is 9.41. The number of hydrogen-bond acceptors (Lipinski definition) is 5. The summed E-state index contributed by atoms with van der Waals surface area (Å²) in [7, 11) is 0. The molecule has 2 amide bonds. The molecule has 2 saturated heterocycles. The second-order valence-corrected chi connectivity index (χ2v) is 6.64. The maximum atomic E-state index is 12.1. The van der Waals surface area contributed by atoms with E-state index < -0.39 is 11.7 Å². The molecule has 2 heterocycles. The molecule has 2 aliphatic rings. The molecule has 0 radical (unpaired) electrons. The number of rotatable bonds is 5. The Morgan fingerprint density at radius 3 is 2.64 bits per heavy atom. The lowest BCUT2D eigenvalue weighted by Gasteiger charge is -2.37. The lowest BCUT2D eigenvalue weighted by Crippen LogP contribution is -2.50. The Labute approximate surface area is 147 Å². The average molecular weight is 348 g/mol. The molecule has 3 rings (SSSR count). The first kappa shape index (κ1) is 17.5. The van der Waals surface area contributed by atoms with E-state index in [-0.39, 0.29) is 12.0 Å². The van der Waals surface area contributed by atoms with Crippen molar-refractivity contribution in [2.45, 2.75) is 31.5 Å². The van der Waals surface area contributed by atoms with Crippen molar-refractivity contribution in [2.75, 3.05) is 32.8 Å². The standard InChI is InChI=1S/C18H24N2O5/c1-14(21)16(22)19-9-7-18(8-10-19)13-20(17(23)25-18)11-12-24-15-5-3-2-4-6-15/h2-6,14,21H,7-13H2,1H3. The van der Waals surface area contributed by atoms with Crippen LogP contribution in [0.5, 0.6) is 5.75 Å². The summed E-state index contributed by atoms with van der Waals surface area (Å²) in [6.07, 6.45) is -0.140. The van der Waals surface area contributed by atoms with Crippen LogP contribution in [0.1, 0.15) is 19.8 Å². The highest BCUT2D eigenvalue weighted by molar-refractivity contribution is 5.80. The fourth-order valence-corrected chi connectivity index (χ4v) is 3.31. The van der Waals surface area contributed by atoms with Crippen LogP contribution in [-0.4, -0.2) is 71.4 Å². The molecule has 1 unspecified atom stereocenters. The number of carbonyl (C=O) groups excluding carboxylic acids is 2. The number of para-hydroxylation sites is 1. The van der Waals surface area contributed by atoms with Gasteiger partial charge in [-0.1, -0.05) is 18.2 Å².